The smallest absolute Gasteiger partial charge is 0.183 e. The normalized spacial score (nSPS) is 16.3. The van der Waals surface area contributed by atoms with Crippen molar-refractivity contribution >= 4 is 40.6 Å². The van der Waals surface area contributed by atoms with Gasteiger partial charge in [0.15, 0.2) is 5.78 Å². The van der Waals surface area contributed by atoms with Crippen LogP contribution in [0.5, 0.6) is 0 Å². The van der Waals surface area contributed by atoms with Gasteiger partial charge in [0.2, 0.25) is 0 Å². The molecule has 0 aliphatic heterocycles. The number of carbonyl (C=O) groups is 1. The molecule has 0 N–H and O–H groups in total. The summed E-state index contributed by atoms with van der Waals surface area (Å²) in [6.07, 6.45) is 9.24. The molecular weight excluding hydrogens is 463 g/mol. The Morgan fingerprint density at radius 2 is 1.69 bits per heavy atom. The molecule has 1 aromatic heterocycles. The van der Waals surface area contributed by atoms with Gasteiger partial charge in [-0.1, -0.05) is 73.0 Å². The van der Waals surface area contributed by atoms with Crippen molar-refractivity contribution in [1.29, 1.82) is 0 Å². The first-order valence-electron chi connectivity index (χ1n) is 11.4. The van der Waals surface area contributed by atoms with E-state index in [4.69, 9.17) is 39.9 Å². The minimum absolute atomic E-state index is 0.148. The summed E-state index contributed by atoms with van der Waals surface area (Å²) in [7, 11) is 0. The molecule has 2 aliphatic rings. The van der Waals surface area contributed by atoms with E-state index in [9.17, 15) is 4.79 Å². The Morgan fingerprint density at radius 1 is 0.938 bits per heavy atom. The topological polar surface area (TPSA) is 34.9 Å². The summed E-state index contributed by atoms with van der Waals surface area (Å²) in [6, 6.07) is 11.4. The van der Waals surface area contributed by atoms with Gasteiger partial charge in [-0.2, -0.15) is 5.10 Å². The van der Waals surface area contributed by atoms with Gasteiger partial charge in [0, 0.05) is 27.6 Å². The van der Waals surface area contributed by atoms with Gasteiger partial charge in [-0.25, -0.2) is 4.68 Å². The van der Waals surface area contributed by atoms with E-state index in [1.54, 1.807) is 12.1 Å². The highest BCUT2D eigenvalue weighted by Crippen LogP contribution is 2.39. The number of hydrogen-bond acceptors (Lipinski definition) is 2. The van der Waals surface area contributed by atoms with Gasteiger partial charge in [-0.3, -0.25) is 4.79 Å². The number of carbonyl (C=O) groups excluding carboxylic acids is 1. The van der Waals surface area contributed by atoms with Crippen molar-refractivity contribution in [2.24, 2.45) is 5.92 Å². The number of ketones is 1. The molecule has 3 aromatic rings. The first-order chi connectivity index (χ1) is 15.5. The first-order valence-corrected chi connectivity index (χ1v) is 12.5. The highest BCUT2D eigenvalue weighted by Gasteiger charge is 2.29. The molecule has 3 nitrogen and oxygen atoms in total. The summed E-state index contributed by atoms with van der Waals surface area (Å²) in [5.41, 5.74) is 5.54. The maximum absolute atomic E-state index is 13.5. The third kappa shape index (κ3) is 4.23. The SMILES string of the molecule is O=C(CC1CCCCC1)c1nn(-c2ccc(Cl)cc2Cl)c2c1CCCc1cc(Cl)ccc1-2. The Bertz CT molecular complexity index is 1180. The molecular formula is C26H25Cl3N2O. The highest BCUT2D eigenvalue weighted by atomic mass is 35.5. The minimum atomic E-state index is 0.148. The largest absolute Gasteiger partial charge is 0.292 e. The molecule has 1 saturated carbocycles. The van der Waals surface area contributed by atoms with Gasteiger partial charge in [0.05, 0.1) is 16.4 Å². The molecule has 1 fully saturated rings. The van der Waals surface area contributed by atoms with E-state index in [-0.39, 0.29) is 5.78 Å². The lowest BCUT2D eigenvalue weighted by Gasteiger charge is -2.20. The van der Waals surface area contributed by atoms with Crippen LogP contribution in [0.15, 0.2) is 36.4 Å². The quantitative estimate of drug-likeness (QED) is 0.348. The zero-order valence-electron chi connectivity index (χ0n) is 17.8. The maximum atomic E-state index is 13.5. The zero-order valence-corrected chi connectivity index (χ0v) is 20.1. The molecule has 5 rings (SSSR count). The van der Waals surface area contributed by atoms with E-state index < -0.39 is 0 Å². The van der Waals surface area contributed by atoms with Crippen LogP contribution < -0.4 is 0 Å². The second-order valence-corrected chi connectivity index (χ2v) is 10.2. The molecule has 0 saturated heterocycles. The van der Waals surface area contributed by atoms with Crippen molar-refractivity contribution in [3.63, 3.8) is 0 Å². The summed E-state index contributed by atoms with van der Waals surface area (Å²) >= 11 is 19.1. The molecule has 2 aromatic carbocycles. The number of nitrogens with zero attached hydrogens (tertiary/aromatic N) is 2. The average molecular weight is 488 g/mol. The second-order valence-electron chi connectivity index (χ2n) is 8.97. The molecule has 6 heteroatoms. The van der Waals surface area contributed by atoms with Crippen molar-refractivity contribution in [2.45, 2.75) is 57.8 Å². The van der Waals surface area contributed by atoms with Gasteiger partial charge in [0.1, 0.15) is 5.69 Å². The van der Waals surface area contributed by atoms with Crippen LogP contribution in [0, 0.1) is 5.92 Å². The van der Waals surface area contributed by atoms with Crippen LogP contribution in [0.25, 0.3) is 16.9 Å². The number of benzene rings is 2. The van der Waals surface area contributed by atoms with Crippen molar-refractivity contribution in [3.8, 4) is 16.9 Å². The molecule has 0 radical (unpaired) electrons. The van der Waals surface area contributed by atoms with Crippen LogP contribution >= 0.6 is 34.8 Å². The predicted molar refractivity (Wildman–Crippen MR) is 132 cm³/mol. The highest BCUT2D eigenvalue weighted by molar-refractivity contribution is 6.35. The van der Waals surface area contributed by atoms with E-state index in [2.05, 4.69) is 0 Å². The summed E-state index contributed by atoms with van der Waals surface area (Å²) in [5, 5.41) is 6.68. The Kier molecular flexibility index (Phi) is 6.33. The van der Waals surface area contributed by atoms with Crippen molar-refractivity contribution in [2.75, 3.05) is 0 Å². The van der Waals surface area contributed by atoms with Crippen LogP contribution in [-0.4, -0.2) is 15.6 Å². The molecule has 0 bridgehead atoms. The summed E-state index contributed by atoms with van der Waals surface area (Å²) in [4.78, 5) is 13.5. The maximum Gasteiger partial charge on any atom is 0.183 e. The number of hydrogen-bond donors (Lipinski definition) is 0. The van der Waals surface area contributed by atoms with Crippen molar-refractivity contribution in [1.82, 2.24) is 9.78 Å². The van der Waals surface area contributed by atoms with Crippen LogP contribution in [0.1, 0.15) is 66.6 Å². The molecule has 0 amide bonds. The fraction of sp³-hybridized carbons (Fsp3) is 0.385. The van der Waals surface area contributed by atoms with Gasteiger partial charge in [-0.05, 0) is 61.1 Å². The van der Waals surface area contributed by atoms with E-state index in [0.29, 0.717) is 28.1 Å². The van der Waals surface area contributed by atoms with Gasteiger partial charge in [0.25, 0.3) is 0 Å². The van der Waals surface area contributed by atoms with Crippen molar-refractivity contribution < 1.29 is 4.79 Å². The zero-order chi connectivity index (χ0) is 22.2. The number of Topliss-reactive ketones (excluding diaryl/α,β-unsaturated/α-hetero) is 1. The lowest BCUT2D eigenvalue weighted by Crippen LogP contribution is -2.14. The monoisotopic (exact) mass is 486 g/mol. The number of rotatable bonds is 4. The fourth-order valence-electron chi connectivity index (χ4n) is 5.22. The van der Waals surface area contributed by atoms with Crippen molar-refractivity contribution in [3.05, 3.63) is 68.3 Å². The lowest BCUT2D eigenvalue weighted by atomic mass is 9.85. The summed E-state index contributed by atoms with van der Waals surface area (Å²) in [5.74, 6) is 0.613. The summed E-state index contributed by atoms with van der Waals surface area (Å²) in [6.45, 7) is 0. The van der Waals surface area contributed by atoms with E-state index in [1.807, 2.05) is 28.9 Å². The molecule has 166 valence electrons. The molecule has 0 unspecified atom stereocenters. The number of fused-ring (bicyclic) bond motifs is 3. The predicted octanol–water partition coefficient (Wildman–Crippen LogP) is 8.14. The van der Waals surface area contributed by atoms with Gasteiger partial charge >= 0.3 is 0 Å². The lowest BCUT2D eigenvalue weighted by molar-refractivity contribution is 0.0944. The molecule has 0 atom stereocenters. The molecule has 1 heterocycles. The Hall–Kier alpha value is -1.81. The van der Waals surface area contributed by atoms with E-state index in [1.165, 1.54) is 24.8 Å². The average Bonchev–Trinajstić information content (AvgIpc) is 3.03. The Balaban J connectivity index is 1.66. The number of aromatic nitrogens is 2. The third-order valence-corrected chi connectivity index (χ3v) is 7.55. The van der Waals surface area contributed by atoms with Crippen LogP contribution in [0.3, 0.4) is 0 Å². The third-order valence-electron chi connectivity index (χ3n) is 6.78. The summed E-state index contributed by atoms with van der Waals surface area (Å²) < 4.78 is 1.85. The Labute approximate surface area is 203 Å². The Morgan fingerprint density at radius 3 is 2.47 bits per heavy atom. The van der Waals surface area contributed by atoms with Crippen LogP contribution in [0.4, 0.5) is 0 Å². The van der Waals surface area contributed by atoms with Gasteiger partial charge in [-0.15, -0.1) is 0 Å². The second kappa shape index (κ2) is 9.21. The standard InChI is InChI=1S/C26H25Cl3N2O/c27-18-9-11-20-17(14-18)7-4-8-21-25(24(32)13-16-5-2-1-3-6-16)30-31(26(20)21)23-12-10-19(28)15-22(23)29/h9-12,14-16H,1-8,13H2. The van der Waals surface area contributed by atoms with Gasteiger partial charge < -0.3 is 0 Å². The van der Waals surface area contributed by atoms with E-state index >= 15 is 0 Å². The number of halogens is 3. The van der Waals surface area contributed by atoms with Crippen LogP contribution in [0.2, 0.25) is 15.1 Å². The van der Waals surface area contributed by atoms with E-state index in [0.717, 1.165) is 59.6 Å². The fourth-order valence-corrected chi connectivity index (χ4v) is 5.90. The number of aryl methyl sites for hydroxylation is 1. The first kappa shape index (κ1) is 22.0. The molecule has 0 spiro atoms. The molecule has 32 heavy (non-hydrogen) atoms. The van der Waals surface area contributed by atoms with Crippen LogP contribution in [-0.2, 0) is 12.8 Å². The molecule has 2 aliphatic carbocycles. The minimum Gasteiger partial charge on any atom is -0.292 e.